The second-order valence-electron chi connectivity index (χ2n) is 3.01. The third-order valence-corrected chi connectivity index (χ3v) is 2.05. The summed E-state index contributed by atoms with van der Waals surface area (Å²) in [5.74, 6) is -0.404. The maximum Gasteiger partial charge on any atom is 0.252 e. The van der Waals surface area contributed by atoms with Gasteiger partial charge in [0.15, 0.2) is 0 Å². The minimum atomic E-state index is -0.404. The van der Waals surface area contributed by atoms with Gasteiger partial charge in [0, 0.05) is 13.0 Å². The third kappa shape index (κ3) is 6.85. The fraction of sp³-hybridized carbons (Fsp3) is 0.500. The smallest absolute Gasteiger partial charge is 0.252 e. The molecule has 15 heavy (non-hydrogen) atoms. The Balaban J connectivity index is 3.64. The first-order valence-electron chi connectivity index (χ1n) is 4.68. The van der Waals surface area contributed by atoms with E-state index >= 15 is 0 Å². The molecule has 0 N–H and O–H groups in total. The molecule has 2 amide bonds. The number of halogens is 1. The second-order valence-corrected chi connectivity index (χ2v) is 3.43. The monoisotopic (exact) mass is 231 g/mol. The predicted molar refractivity (Wildman–Crippen MR) is 57.3 cm³/mol. The average molecular weight is 232 g/mol. The third-order valence-electron chi connectivity index (χ3n) is 1.86. The number of hydrogen-bond donors (Lipinski definition) is 0. The van der Waals surface area contributed by atoms with Crippen LogP contribution in [0.4, 0.5) is 0 Å². The van der Waals surface area contributed by atoms with Crippen molar-refractivity contribution in [3.05, 3.63) is 12.7 Å². The van der Waals surface area contributed by atoms with Crippen LogP contribution in [0.15, 0.2) is 12.7 Å². The molecule has 4 nitrogen and oxygen atoms in total. The molecule has 0 aromatic carbocycles. The van der Waals surface area contributed by atoms with Crippen molar-refractivity contribution in [3.8, 4) is 0 Å². The van der Waals surface area contributed by atoms with Gasteiger partial charge in [-0.25, -0.2) is 0 Å². The molecule has 0 atom stereocenters. The van der Waals surface area contributed by atoms with Crippen molar-refractivity contribution in [1.29, 1.82) is 0 Å². The molecule has 0 saturated carbocycles. The summed E-state index contributed by atoms with van der Waals surface area (Å²) in [6, 6.07) is 0. The van der Waals surface area contributed by atoms with Crippen LogP contribution >= 0.6 is 11.6 Å². The van der Waals surface area contributed by atoms with E-state index in [4.69, 9.17) is 11.6 Å². The largest absolute Gasteiger partial charge is 0.282 e. The first-order chi connectivity index (χ1) is 7.11. The fourth-order valence-electron chi connectivity index (χ4n) is 1.06. The Morgan fingerprint density at radius 2 is 1.93 bits per heavy atom. The lowest BCUT2D eigenvalue weighted by atomic mass is 10.2. The molecular weight excluding hydrogens is 218 g/mol. The van der Waals surface area contributed by atoms with Gasteiger partial charge < -0.3 is 0 Å². The number of rotatable bonds is 8. The van der Waals surface area contributed by atoms with Crippen LogP contribution < -0.4 is 0 Å². The number of unbranched alkanes of at least 4 members (excludes halogenated alkanes) is 2. The van der Waals surface area contributed by atoms with E-state index in [0.717, 1.165) is 17.4 Å². The van der Waals surface area contributed by atoms with Crippen LogP contribution in [-0.2, 0) is 14.4 Å². The number of nitrogens with zero attached hydrogens (tertiary/aromatic N) is 1. The molecule has 0 aliphatic heterocycles. The Hall–Kier alpha value is -1.16. The van der Waals surface area contributed by atoms with Gasteiger partial charge in [-0.3, -0.25) is 19.3 Å². The van der Waals surface area contributed by atoms with Gasteiger partial charge in [-0.2, -0.15) is 0 Å². The maximum atomic E-state index is 11.0. The quantitative estimate of drug-likeness (QED) is 0.275. The zero-order chi connectivity index (χ0) is 11.7. The molecule has 0 heterocycles. The van der Waals surface area contributed by atoms with E-state index in [1.807, 2.05) is 0 Å². The van der Waals surface area contributed by atoms with Crippen molar-refractivity contribution in [3.63, 3.8) is 0 Å². The van der Waals surface area contributed by atoms with E-state index in [0.29, 0.717) is 32.2 Å². The van der Waals surface area contributed by atoms with Crippen molar-refractivity contribution in [1.82, 2.24) is 4.90 Å². The van der Waals surface area contributed by atoms with Crippen molar-refractivity contribution >= 4 is 29.2 Å². The van der Waals surface area contributed by atoms with Crippen LogP contribution in [0.3, 0.4) is 0 Å². The summed E-state index contributed by atoms with van der Waals surface area (Å²) in [6.07, 6.45) is 4.01. The Bertz CT molecular complexity index is 253. The van der Waals surface area contributed by atoms with Crippen LogP contribution in [-0.4, -0.2) is 29.0 Å². The number of hydrogen-bond acceptors (Lipinski definition) is 3. The minimum absolute atomic E-state index is 0.331. The van der Waals surface area contributed by atoms with Gasteiger partial charge in [0.05, 0.1) is 0 Å². The Morgan fingerprint density at radius 1 is 1.27 bits per heavy atom. The van der Waals surface area contributed by atoms with E-state index in [1.54, 1.807) is 0 Å². The first kappa shape index (κ1) is 13.8. The highest BCUT2D eigenvalue weighted by molar-refractivity contribution is 6.63. The van der Waals surface area contributed by atoms with Gasteiger partial charge in [0.1, 0.15) is 0 Å². The normalized spacial score (nSPS) is 9.40. The van der Waals surface area contributed by atoms with E-state index in [9.17, 15) is 14.4 Å². The summed E-state index contributed by atoms with van der Waals surface area (Å²) >= 11 is 5.15. The highest BCUT2D eigenvalue weighted by atomic mass is 35.5. The van der Waals surface area contributed by atoms with Crippen molar-refractivity contribution in [2.75, 3.05) is 6.54 Å². The van der Waals surface area contributed by atoms with E-state index in [-0.39, 0.29) is 5.24 Å². The summed E-state index contributed by atoms with van der Waals surface area (Å²) < 4.78 is 0. The fourth-order valence-corrected chi connectivity index (χ4v) is 1.19. The molecule has 0 aliphatic rings. The number of carbonyl (C=O) groups excluding carboxylic acids is 3. The lowest BCUT2D eigenvalue weighted by Gasteiger charge is -2.12. The summed E-state index contributed by atoms with van der Waals surface area (Å²) in [7, 11) is 0. The van der Waals surface area contributed by atoms with Crippen LogP contribution in [0.25, 0.3) is 0 Å². The summed E-state index contributed by atoms with van der Waals surface area (Å²) in [5, 5.41) is -0.357. The molecule has 5 heteroatoms. The molecule has 0 saturated heterocycles. The van der Waals surface area contributed by atoms with Gasteiger partial charge in [-0.15, -0.1) is 0 Å². The van der Waals surface area contributed by atoms with E-state index in [1.165, 1.54) is 0 Å². The van der Waals surface area contributed by atoms with Gasteiger partial charge >= 0.3 is 0 Å². The Kier molecular flexibility index (Phi) is 7.54. The molecule has 0 spiro atoms. The lowest BCUT2D eigenvalue weighted by Crippen LogP contribution is -2.28. The SMILES string of the molecule is C=CC(=O)N(C=O)CCCCCC(=O)Cl. The maximum absolute atomic E-state index is 11.0. The molecule has 0 bridgehead atoms. The highest BCUT2D eigenvalue weighted by Crippen LogP contribution is 2.03. The van der Waals surface area contributed by atoms with Crippen molar-refractivity contribution in [2.24, 2.45) is 0 Å². The summed E-state index contributed by atoms with van der Waals surface area (Å²) in [5.41, 5.74) is 0. The molecule has 0 unspecified atom stereocenters. The van der Waals surface area contributed by atoms with Crippen LogP contribution in [0.1, 0.15) is 25.7 Å². The summed E-state index contributed by atoms with van der Waals surface area (Å²) in [6.45, 7) is 3.64. The highest BCUT2D eigenvalue weighted by Gasteiger charge is 2.07. The van der Waals surface area contributed by atoms with Crippen LogP contribution in [0.5, 0.6) is 0 Å². The van der Waals surface area contributed by atoms with Gasteiger partial charge in [-0.1, -0.05) is 13.0 Å². The topological polar surface area (TPSA) is 54.5 Å². The molecule has 0 aromatic rings. The molecule has 0 aromatic heterocycles. The molecule has 0 aliphatic carbocycles. The summed E-state index contributed by atoms with van der Waals surface area (Å²) in [4.78, 5) is 32.9. The zero-order valence-corrected chi connectivity index (χ0v) is 9.20. The zero-order valence-electron chi connectivity index (χ0n) is 8.45. The van der Waals surface area contributed by atoms with E-state index < -0.39 is 5.91 Å². The van der Waals surface area contributed by atoms with Gasteiger partial charge in [0.25, 0.3) is 5.91 Å². The Labute approximate surface area is 93.9 Å². The Morgan fingerprint density at radius 3 is 2.40 bits per heavy atom. The van der Waals surface area contributed by atoms with Crippen molar-refractivity contribution < 1.29 is 14.4 Å². The number of amides is 2. The minimum Gasteiger partial charge on any atom is -0.282 e. The lowest BCUT2D eigenvalue weighted by molar-refractivity contribution is -0.134. The molecule has 84 valence electrons. The first-order valence-corrected chi connectivity index (χ1v) is 5.06. The second kappa shape index (κ2) is 8.17. The molecular formula is C10H14ClNO3. The number of carbonyl (C=O) groups is 3. The van der Waals surface area contributed by atoms with Gasteiger partial charge in [-0.05, 0) is 30.5 Å². The standard InChI is InChI=1S/C10H14ClNO3/c1-2-10(15)12(8-13)7-5-3-4-6-9(11)14/h2,8H,1,3-7H2. The van der Waals surface area contributed by atoms with Crippen LogP contribution in [0.2, 0.25) is 0 Å². The average Bonchev–Trinajstić information content (AvgIpc) is 2.22. The predicted octanol–water partition coefficient (Wildman–Crippen LogP) is 1.48. The molecule has 0 rings (SSSR count). The van der Waals surface area contributed by atoms with E-state index in [2.05, 4.69) is 6.58 Å². The van der Waals surface area contributed by atoms with Gasteiger partial charge in [0.2, 0.25) is 11.7 Å². The van der Waals surface area contributed by atoms with Crippen molar-refractivity contribution in [2.45, 2.75) is 25.7 Å². The molecule has 0 radical (unpaired) electrons. The number of imide groups is 1. The van der Waals surface area contributed by atoms with Crippen LogP contribution in [0, 0.1) is 0 Å². The molecule has 0 fully saturated rings.